The first-order chi connectivity index (χ1) is 13.5. The molecular weight excluding hydrogens is 426 g/mol. The van der Waals surface area contributed by atoms with Crippen LogP contribution < -0.4 is 17.0 Å². The highest BCUT2D eigenvalue weighted by Gasteiger charge is 2.21. The normalized spacial score (nSPS) is 11.3. The highest BCUT2D eigenvalue weighted by atomic mass is 79.9. The molecule has 4 heteroatoms. The van der Waals surface area contributed by atoms with Crippen LogP contribution in [0.5, 0.6) is 0 Å². The third-order valence-corrected chi connectivity index (χ3v) is 6.04. The van der Waals surface area contributed by atoms with Crippen molar-refractivity contribution in [1.82, 2.24) is 0 Å². The molecule has 0 N–H and O–H groups in total. The molecule has 0 aromatic rings. The average molecular weight is 479 g/mol. The summed E-state index contributed by atoms with van der Waals surface area (Å²) in [5, 5.41) is 0. The lowest BCUT2D eigenvalue weighted by atomic mass is 10.1. The zero-order chi connectivity index (χ0) is 20.9. The van der Waals surface area contributed by atoms with E-state index in [2.05, 4.69) is 20.9 Å². The Labute approximate surface area is 193 Å². The van der Waals surface area contributed by atoms with Gasteiger partial charge in [-0.2, -0.15) is 0 Å². The third-order valence-electron chi connectivity index (χ3n) is 6.04. The number of carbonyl (C=O) groups is 1. The van der Waals surface area contributed by atoms with E-state index in [-0.39, 0.29) is 23.0 Å². The molecule has 0 radical (unpaired) electrons. The molecule has 0 aromatic carbocycles. The van der Waals surface area contributed by atoms with E-state index < -0.39 is 0 Å². The molecule has 0 aliphatic heterocycles. The summed E-state index contributed by atoms with van der Waals surface area (Å²) in [6.07, 6.45) is 22.0. The van der Waals surface area contributed by atoms with Gasteiger partial charge >= 0.3 is 5.97 Å². The zero-order valence-corrected chi connectivity index (χ0v) is 21.9. The van der Waals surface area contributed by atoms with Crippen molar-refractivity contribution >= 4 is 5.97 Å². The largest absolute Gasteiger partial charge is 1.00 e. The summed E-state index contributed by atoms with van der Waals surface area (Å²) in [4.78, 5) is 11.1. The van der Waals surface area contributed by atoms with Crippen LogP contribution in [0, 0.1) is 0 Å². The molecular formula is C25H52BrNO2. The summed E-state index contributed by atoms with van der Waals surface area (Å²) in [6, 6.07) is 0. The molecule has 0 amide bonds. The van der Waals surface area contributed by atoms with E-state index in [0.29, 0.717) is 6.61 Å². The second kappa shape index (κ2) is 22.6. The number of carbonyl (C=O) groups excluding carboxylic acids is 1. The van der Waals surface area contributed by atoms with E-state index in [0.717, 1.165) is 11.0 Å². The van der Waals surface area contributed by atoms with Crippen molar-refractivity contribution in [3.05, 3.63) is 0 Å². The maximum absolute atomic E-state index is 11.1. The van der Waals surface area contributed by atoms with E-state index in [1.165, 1.54) is 123 Å². The zero-order valence-electron chi connectivity index (χ0n) is 20.3. The molecule has 0 aliphatic rings. The number of esters is 1. The minimum Gasteiger partial charge on any atom is -1.00 e. The number of nitrogens with zero attached hydrogens (tertiary/aromatic N) is 1. The smallest absolute Gasteiger partial charge is 0.302 e. The maximum atomic E-state index is 11.1. The molecule has 0 atom stereocenters. The van der Waals surface area contributed by atoms with E-state index in [1.807, 2.05) is 0 Å². The van der Waals surface area contributed by atoms with Gasteiger partial charge in [-0.15, -0.1) is 0 Å². The number of hydrogen-bond donors (Lipinski definition) is 0. The standard InChI is InChI=1S/C25H52NO2.BrH/c1-5-7-9-11-13-15-17-19-21-26(4,23-24-28-25(3)27)22-20-18-16-14-12-10-8-6-2;/h5-24H2,1-4H3;1H/q+1;/p-1. The first kappa shape index (κ1) is 31.1. The van der Waals surface area contributed by atoms with Crippen molar-refractivity contribution in [3.63, 3.8) is 0 Å². The highest BCUT2D eigenvalue weighted by molar-refractivity contribution is 5.65. The molecule has 0 saturated heterocycles. The van der Waals surface area contributed by atoms with E-state index in [1.54, 1.807) is 0 Å². The van der Waals surface area contributed by atoms with Crippen LogP contribution in [-0.4, -0.2) is 43.7 Å². The second-order valence-corrected chi connectivity index (χ2v) is 9.08. The third kappa shape index (κ3) is 22.4. The van der Waals surface area contributed by atoms with Gasteiger partial charge in [0.15, 0.2) is 0 Å². The SMILES string of the molecule is CCCCCCCCCC[N+](C)(CCCCCCCCCC)CCOC(C)=O.[Br-]. The van der Waals surface area contributed by atoms with Crippen molar-refractivity contribution in [3.8, 4) is 0 Å². The van der Waals surface area contributed by atoms with Gasteiger partial charge in [0.25, 0.3) is 0 Å². The number of rotatable bonds is 21. The van der Waals surface area contributed by atoms with Crippen molar-refractivity contribution < 1.29 is 31.0 Å². The van der Waals surface area contributed by atoms with Crippen LogP contribution in [0.1, 0.15) is 124 Å². The van der Waals surface area contributed by atoms with Gasteiger partial charge in [-0.05, 0) is 25.7 Å². The Morgan fingerprint density at radius 1 is 0.621 bits per heavy atom. The Hall–Kier alpha value is -0.0900. The number of quaternary nitrogens is 1. The molecule has 0 aromatic heterocycles. The van der Waals surface area contributed by atoms with E-state index in [9.17, 15) is 4.79 Å². The molecule has 3 nitrogen and oxygen atoms in total. The van der Waals surface area contributed by atoms with Crippen molar-refractivity contribution in [1.29, 1.82) is 0 Å². The van der Waals surface area contributed by atoms with Crippen molar-refractivity contribution in [2.45, 2.75) is 124 Å². The van der Waals surface area contributed by atoms with Gasteiger partial charge in [-0.3, -0.25) is 4.79 Å². The van der Waals surface area contributed by atoms with Gasteiger partial charge in [0.05, 0.1) is 20.1 Å². The van der Waals surface area contributed by atoms with Crippen LogP contribution in [0.2, 0.25) is 0 Å². The van der Waals surface area contributed by atoms with Crippen molar-refractivity contribution in [2.75, 3.05) is 33.3 Å². The summed E-state index contributed by atoms with van der Waals surface area (Å²) >= 11 is 0. The fourth-order valence-electron chi connectivity index (χ4n) is 4.00. The molecule has 0 rings (SSSR count). The Morgan fingerprint density at radius 2 is 0.966 bits per heavy atom. The van der Waals surface area contributed by atoms with Crippen LogP contribution in [0.25, 0.3) is 0 Å². The minimum absolute atomic E-state index is 0. The second-order valence-electron chi connectivity index (χ2n) is 9.08. The van der Waals surface area contributed by atoms with Crippen LogP contribution in [0.4, 0.5) is 0 Å². The number of unbranched alkanes of at least 4 members (excludes halogenated alkanes) is 14. The van der Waals surface area contributed by atoms with Gasteiger partial charge in [-0.25, -0.2) is 0 Å². The molecule has 176 valence electrons. The summed E-state index contributed by atoms with van der Waals surface area (Å²) in [5.41, 5.74) is 0. The van der Waals surface area contributed by atoms with E-state index in [4.69, 9.17) is 4.74 Å². The van der Waals surface area contributed by atoms with E-state index >= 15 is 0 Å². The summed E-state index contributed by atoms with van der Waals surface area (Å²) in [5.74, 6) is -0.147. The number of halogens is 1. The molecule has 0 bridgehead atoms. The molecule has 0 unspecified atom stereocenters. The lowest BCUT2D eigenvalue weighted by molar-refractivity contribution is -0.910. The Kier molecular flexibility index (Phi) is 24.2. The average Bonchev–Trinajstić information content (AvgIpc) is 2.66. The number of ether oxygens (including phenoxy) is 1. The predicted molar refractivity (Wildman–Crippen MR) is 123 cm³/mol. The summed E-state index contributed by atoms with van der Waals surface area (Å²) in [7, 11) is 2.37. The lowest BCUT2D eigenvalue weighted by Crippen LogP contribution is -3.00. The van der Waals surface area contributed by atoms with Crippen LogP contribution in [0.15, 0.2) is 0 Å². The Balaban J connectivity index is 0. The lowest BCUT2D eigenvalue weighted by Gasteiger charge is -2.34. The van der Waals surface area contributed by atoms with Crippen molar-refractivity contribution in [2.24, 2.45) is 0 Å². The number of hydrogen-bond acceptors (Lipinski definition) is 2. The maximum Gasteiger partial charge on any atom is 0.302 e. The summed E-state index contributed by atoms with van der Waals surface area (Å²) in [6.45, 7) is 10.1. The molecule has 0 fully saturated rings. The summed E-state index contributed by atoms with van der Waals surface area (Å²) < 4.78 is 6.32. The molecule has 29 heavy (non-hydrogen) atoms. The molecule has 0 saturated carbocycles. The van der Waals surface area contributed by atoms with Gasteiger partial charge < -0.3 is 26.2 Å². The first-order valence-corrected chi connectivity index (χ1v) is 12.5. The van der Waals surface area contributed by atoms with Gasteiger partial charge in [-0.1, -0.05) is 90.9 Å². The monoisotopic (exact) mass is 477 g/mol. The quantitative estimate of drug-likeness (QED) is 0.140. The van der Waals surface area contributed by atoms with Gasteiger partial charge in [0.2, 0.25) is 0 Å². The van der Waals surface area contributed by atoms with Crippen LogP contribution in [0.3, 0.4) is 0 Å². The topological polar surface area (TPSA) is 26.3 Å². The van der Waals surface area contributed by atoms with Crippen LogP contribution in [-0.2, 0) is 9.53 Å². The molecule has 0 heterocycles. The molecule has 0 spiro atoms. The Morgan fingerprint density at radius 3 is 1.31 bits per heavy atom. The minimum atomic E-state index is -0.147. The fourth-order valence-corrected chi connectivity index (χ4v) is 4.00. The Bertz CT molecular complexity index is 330. The number of likely N-dealkylation sites (N-methyl/N-ethyl adjacent to an activating group) is 1. The molecule has 0 aliphatic carbocycles. The fraction of sp³-hybridized carbons (Fsp3) is 0.960. The van der Waals surface area contributed by atoms with Crippen LogP contribution >= 0.6 is 0 Å². The first-order valence-electron chi connectivity index (χ1n) is 12.5. The highest BCUT2D eigenvalue weighted by Crippen LogP contribution is 2.14. The van der Waals surface area contributed by atoms with Gasteiger partial charge in [0, 0.05) is 6.92 Å². The predicted octanol–water partition coefficient (Wildman–Crippen LogP) is 4.28. The van der Waals surface area contributed by atoms with Gasteiger partial charge in [0.1, 0.15) is 13.2 Å².